The van der Waals surface area contributed by atoms with Gasteiger partial charge in [0.05, 0.1) is 0 Å². The predicted molar refractivity (Wildman–Crippen MR) is 105 cm³/mol. The van der Waals surface area contributed by atoms with E-state index in [0.717, 1.165) is 18.8 Å². The third-order valence-electron chi connectivity index (χ3n) is 3.90. The third kappa shape index (κ3) is 7.17. The first-order chi connectivity index (χ1) is 11.6. The minimum Gasteiger partial charge on any atom is -0.507 e. The van der Waals surface area contributed by atoms with Crippen LogP contribution >= 0.6 is 8.86 Å². The molecule has 1 aliphatic rings. The number of rotatable bonds is 8. The molecule has 0 saturated carbocycles. The van der Waals surface area contributed by atoms with Crippen molar-refractivity contribution in [1.29, 1.82) is 0 Å². The normalized spacial score (nSPS) is 16.0. The van der Waals surface area contributed by atoms with Crippen molar-refractivity contribution in [3.63, 3.8) is 0 Å². The van der Waals surface area contributed by atoms with Crippen LogP contribution in [0, 0.1) is 0 Å². The summed E-state index contributed by atoms with van der Waals surface area (Å²) in [5.74, 6) is 0.186. The SMILES string of the molecule is CCCCCOCCCCC.OC1=CC(=P)C(O)c2ccccc21. The van der Waals surface area contributed by atoms with Gasteiger partial charge in [-0.15, -0.1) is 8.86 Å². The number of hydrogen-bond acceptors (Lipinski definition) is 3. The summed E-state index contributed by atoms with van der Waals surface area (Å²) in [6.07, 6.45) is 8.54. The predicted octanol–water partition coefficient (Wildman–Crippen LogP) is 5.33. The Kier molecular flexibility index (Phi) is 10.7. The molecule has 134 valence electrons. The summed E-state index contributed by atoms with van der Waals surface area (Å²) in [7, 11) is 3.25. The molecule has 0 aliphatic heterocycles. The first-order valence-electron chi connectivity index (χ1n) is 8.96. The van der Waals surface area contributed by atoms with E-state index in [0.29, 0.717) is 10.9 Å². The lowest BCUT2D eigenvalue weighted by Crippen LogP contribution is -2.14. The van der Waals surface area contributed by atoms with Crippen molar-refractivity contribution in [3.05, 3.63) is 41.5 Å². The maximum Gasteiger partial charge on any atom is 0.123 e. The van der Waals surface area contributed by atoms with Crippen molar-refractivity contribution in [2.24, 2.45) is 0 Å². The highest BCUT2D eigenvalue weighted by molar-refractivity contribution is 7.22. The average molecular weight is 350 g/mol. The summed E-state index contributed by atoms with van der Waals surface area (Å²) in [6, 6.07) is 7.24. The van der Waals surface area contributed by atoms with Gasteiger partial charge in [0.15, 0.2) is 0 Å². The molecule has 0 fully saturated rings. The smallest absolute Gasteiger partial charge is 0.123 e. The molecular weight excluding hydrogens is 319 g/mol. The average Bonchev–Trinajstić information content (AvgIpc) is 2.60. The molecule has 2 rings (SSSR count). The van der Waals surface area contributed by atoms with Crippen LogP contribution in [0.2, 0.25) is 0 Å². The van der Waals surface area contributed by atoms with E-state index in [2.05, 4.69) is 22.7 Å². The van der Waals surface area contributed by atoms with E-state index in [4.69, 9.17) is 4.74 Å². The Bertz CT molecular complexity index is 517. The van der Waals surface area contributed by atoms with E-state index >= 15 is 0 Å². The molecule has 1 unspecified atom stereocenters. The summed E-state index contributed by atoms with van der Waals surface area (Å²) < 4.78 is 5.44. The van der Waals surface area contributed by atoms with Gasteiger partial charge in [-0.05, 0) is 24.5 Å². The van der Waals surface area contributed by atoms with Gasteiger partial charge in [0, 0.05) is 24.1 Å². The van der Waals surface area contributed by atoms with Crippen LogP contribution in [-0.2, 0) is 4.74 Å². The van der Waals surface area contributed by atoms with Gasteiger partial charge in [0.1, 0.15) is 11.9 Å². The molecule has 24 heavy (non-hydrogen) atoms. The van der Waals surface area contributed by atoms with E-state index in [1.54, 1.807) is 12.1 Å². The van der Waals surface area contributed by atoms with Gasteiger partial charge < -0.3 is 14.9 Å². The molecule has 4 heteroatoms. The second kappa shape index (κ2) is 12.2. The molecular formula is C20H31O3P. The van der Waals surface area contributed by atoms with Gasteiger partial charge in [0.25, 0.3) is 0 Å². The van der Waals surface area contributed by atoms with Gasteiger partial charge in [-0.25, -0.2) is 0 Å². The number of unbranched alkanes of at least 4 members (excludes halogenated alkanes) is 4. The van der Waals surface area contributed by atoms with Crippen LogP contribution in [0.1, 0.15) is 69.6 Å². The van der Waals surface area contributed by atoms with Gasteiger partial charge in [0.2, 0.25) is 0 Å². The monoisotopic (exact) mass is 350 g/mol. The molecule has 0 aromatic heterocycles. The quantitative estimate of drug-likeness (QED) is 0.492. The molecule has 1 aromatic carbocycles. The molecule has 0 heterocycles. The number of benzene rings is 1. The highest BCUT2D eigenvalue weighted by Gasteiger charge is 2.21. The Hall–Kier alpha value is -1.15. The molecule has 1 aliphatic carbocycles. The Morgan fingerprint density at radius 2 is 1.58 bits per heavy atom. The fraction of sp³-hybridized carbons (Fsp3) is 0.550. The van der Waals surface area contributed by atoms with E-state index in [1.165, 1.54) is 44.6 Å². The van der Waals surface area contributed by atoms with E-state index in [1.807, 2.05) is 12.1 Å². The number of aliphatic hydroxyl groups excluding tert-OH is 2. The molecule has 0 saturated heterocycles. The maximum atomic E-state index is 9.71. The van der Waals surface area contributed by atoms with Crippen molar-refractivity contribution in [2.45, 2.75) is 58.5 Å². The molecule has 1 atom stereocenters. The molecule has 0 radical (unpaired) electrons. The first kappa shape index (κ1) is 20.9. The third-order valence-corrected chi connectivity index (χ3v) is 4.32. The van der Waals surface area contributed by atoms with Crippen LogP contribution in [0.25, 0.3) is 5.76 Å². The molecule has 2 N–H and O–H groups in total. The van der Waals surface area contributed by atoms with E-state index < -0.39 is 6.10 Å². The summed E-state index contributed by atoms with van der Waals surface area (Å²) in [6.45, 7) is 6.38. The minimum absolute atomic E-state index is 0.186. The van der Waals surface area contributed by atoms with Crippen molar-refractivity contribution >= 4 is 19.9 Å². The second-order valence-corrected chi connectivity index (χ2v) is 6.58. The summed E-state index contributed by atoms with van der Waals surface area (Å²) >= 11 is 0. The number of aliphatic hydroxyl groups is 2. The van der Waals surface area contributed by atoms with Crippen LogP contribution in [0.5, 0.6) is 0 Å². The van der Waals surface area contributed by atoms with Crippen LogP contribution in [-0.4, -0.2) is 28.7 Å². The van der Waals surface area contributed by atoms with Gasteiger partial charge in [-0.3, -0.25) is 0 Å². The lowest BCUT2D eigenvalue weighted by molar-refractivity contribution is 0.126. The lowest BCUT2D eigenvalue weighted by atomic mass is 9.93. The van der Waals surface area contributed by atoms with Gasteiger partial charge >= 0.3 is 0 Å². The van der Waals surface area contributed by atoms with Crippen molar-refractivity contribution in [3.8, 4) is 0 Å². The zero-order chi connectivity index (χ0) is 17.8. The lowest BCUT2D eigenvalue weighted by Gasteiger charge is -2.20. The summed E-state index contributed by atoms with van der Waals surface area (Å²) in [5, 5.41) is 19.8. The van der Waals surface area contributed by atoms with Crippen molar-refractivity contribution in [1.82, 2.24) is 0 Å². The maximum absolute atomic E-state index is 9.71. The van der Waals surface area contributed by atoms with Crippen LogP contribution < -0.4 is 0 Å². The topological polar surface area (TPSA) is 49.7 Å². The van der Waals surface area contributed by atoms with Crippen molar-refractivity contribution < 1.29 is 14.9 Å². The molecule has 1 aromatic rings. The van der Waals surface area contributed by atoms with Gasteiger partial charge in [-0.1, -0.05) is 63.8 Å². The minimum atomic E-state index is -0.663. The summed E-state index contributed by atoms with van der Waals surface area (Å²) in [5.41, 5.74) is 1.42. The zero-order valence-electron chi connectivity index (χ0n) is 14.9. The van der Waals surface area contributed by atoms with E-state index in [-0.39, 0.29) is 5.76 Å². The fourth-order valence-electron chi connectivity index (χ4n) is 2.45. The van der Waals surface area contributed by atoms with Crippen LogP contribution in [0.3, 0.4) is 0 Å². The second-order valence-electron chi connectivity index (χ2n) is 6.00. The Morgan fingerprint density at radius 1 is 1.00 bits per heavy atom. The zero-order valence-corrected chi connectivity index (χ0v) is 15.9. The number of ether oxygens (including phenoxy) is 1. The summed E-state index contributed by atoms with van der Waals surface area (Å²) in [4.78, 5) is 0. The van der Waals surface area contributed by atoms with Crippen LogP contribution in [0.4, 0.5) is 0 Å². The largest absolute Gasteiger partial charge is 0.507 e. The fourth-order valence-corrected chi connectivity index (χ4v) is 2.74. The Labute approximate surface area is 148 Å². The number of fused-ring (bicyclic) bond motifs is 1. The highest BCUT2D eigenvalue weighted by Crippen LogP contribution is 2.30. The van der Waals surface area contributed by atoms with E-state index in [9.17, 15) is 10.2 Å². The first-order valence-corrected chi connectivity index (χ1v) is 9.46. The molecule has 0 amide bonds. The number of hydrogen-bond donors (Lipinski definition) is 2. The van der Waals surface area contributed by atoms with Crippen LogP contribution in [0.15, 0.2) is 30.3 Å². The Morgan fingerprint density at radius 3 is 2.17 bits per heavy atom. The molecule has 3 nitrogen and oxygen atoms in total. The standard InChI is InChI=1S/C10H9O2P.C10H22O/c11-8-5-9(13)10(12)7-4-2-1-3-6(7)8;1-3-5-7-9-11-10-8-6-4-2/h1-5,10-13H;3-10H2,1-2H3. The molecule has 0 bridgehead atoms. The Balaban J connectivity index is 0.000000245. The highest BCUT2D eigenvalue weighted by atomic mass is 31.0. The molecule has 0 spiro atoms. The van der Waals surface area contributed by atoms with Crippen molar-refractivity contribution in [2.75, 3.05) is 13.2 Å². The van der Waals surface area contributed by atoms with Gasteiger partial charge in [-0.2, -0.15) is 0 Å².